The van der Waals surface area contributed by atoms with Crippen molar-refractivity contribution >= 4 is 29.1 Å². The van der Waals surface area contributed by atoms with Crippen molar-refractivity contribution in [3.05, 3.63) is 80.6 Å². The number of hydrogen-bond donors (Lipinski definition) is 1. The Bertz CT molecular complexity index is 1080. The number of rotatable bonds is 5. The lowest BCUT2D eigenvalue weighted by Crippen LogP contribution is -2.15. The number of hydrogen-bond acceptors (Lipinski definition) is 5. The smallest absolute Gasteiger partial charge is 0.270 e. The van der Waals surface area contributed by atoms with Crippen molar-refractivity contribution in [3.8, 4) is 17.3 Å². The minimum absolute atomic E-state index is 0.0489. The zero-order valence-corrected chi connectivity index (χ0v) is 15.9. The number of carbonyl (C=O) groups is 1. The van der Waals surface area contributed by atoms with Crippen molar-refractivity contribution in [2.24, 2.45) is 0 Å². The fraction of sp³-hybridized carbons (Fsp3) is 0.100. The molecule has 1 N–H and O–H groups in total. The molecule has 27 heavy (non-hydrogen) atoms. The topological polar surface area (TPSA) is 86.6 Å². The van der Waals surface area contributed by atoms with Crippen LogP contribution in [0.3, 0.4) is 0 Å². The summed E-state index contributed by atoms with van der Waals surface area (Å²) in [6, 6.07) is 15.9. The minimum atomic E-state index is -0.524. The van der Waals surface area contributed by atoms with E-state index in [2.05, 4.69) is 9.97 Å². The second-order valence-electron chi connectivity index (χ2n) is 5.79. The van der Waals surface area contributed by atoms with Crippen molar-refractivity contribution in [1.82, 2.24) is 9.97 Å². The van der Waals surface area contributed by atoms with Gasteiger partial charge in [0, 0.05) is 16.1 Å². The third-order valence-corrected chi connectivity index (χ3v) is 4.97. The molecule has 134 valence electrons. The predicted octanol–water partition coefficient (Wildman–Crippen LogP) is 4.25. The first-order valence-corrected chi connectivity index (χ1v) is 9.37. The van der Waals surface area contributed by atoms with Crippen LogP contribution in [-0.2, 0) is 0 Å². The van der Waals surface area contributed by atoms with Gasteiger partial charge in [0.05, 0.1) is 11.4 Å². The number of carbonyl (C=O) groups excluding carboxylic acids is 1. The summed E-state index contributed by atoms with van der Waals surface area (Å²) in [6.07, 6.45) is 0. The Morgan fingerprint density at radius 2 is 1.85 bits per heavy atom. The second-order valence-corrected chi connectivity index (χ2v) is 7.19. The summed E-state index contributed by atoms with van der Waals surface area (Å²) in [5.74, 6) is -0.00959. The highest BCUT2D eigenvalue weighted by Crippen LogP contribution is 2.23. The molecule has 5 nitrogen and oxygen atoms in total. The first-order valence-electron chi connectivity index (χ1n) is 8.01. The van der Waals surface area contributed by atoms with Crippen molar-refractivity contribution in [2.45, 2.75) is 12.1 Å². The SMILES string of the molecule is Cc1ccc(-c2nc(SCC(=O)c3ccc(Cl)cc3)[nH]c(=O)c2C#N)cc1. The van der Waals surface area contributed by atoms with Gasteiger partial charge in [0.25, 0.3) is 5.56 Å². The molecule has 0 radical (unpaired) electrons. The molecule has 0 amide bonds. The molecule has 3 rings (SSSR count). The van der Waals surface area contributed by atoms with Gasteiger partial charge in [-0.1, -0.05) is 53.2 Å². The molecular weight excluding hydrogens is 382 g/mol. The van der Waals surface area contributed by atoms with Crippen molar-refractivity contribution in [1.29, 1.82) is 5.26 Å². The molecule has 7 heteroatoms. The number of Topliss-reactive ketones (excluding diaryl/α,β-unsaturated/α-hetero) is 1. The number of thioether (sulfide) groups is 1. The monoisotopic (exact) mass is 395 g/mol. The molecule has 0 saturated heterocycles. The van der Waals surface area contributed by atoms with Gasteiger partial charge in [-0.05, 0) is 31.2 Å². The summed E-state index contributed by atoms with van der Waals surface area (Å²) in [4.78, 5) is 31.5. The van der Waals surface area contributed by atoms with E-state index >= 15 is 0 Å². The van der Waals surface area contributed by atoms with E-state index in [1.165, 1.54) is 0 Å². The average molecular weight is 396 g/mol. The van der Waals surface area contributed by atoms with E-state index in [1.807, 2.05) is 37.3 Å². The molecule has 0 atom stereocenters. The molecule has 0 aliphatic carbocycles. The van der Waals surface area contributed by atoms with Gasteiger partial charge in [0.1, 0.15) is 11.6 Å². The number of aryl methyl sites for hydroxylation is 1. The van der Waals surface area contributed by atoms with Crippen LogP contribution in [-0.4, -0.2) is 21.5 Å². The van der Waals surface area contributed by atoms with Crippen LogP contribution in [0.15, 0.2) is 58.5 Å². The Balaban J connectivity index is 1.87. The third kappa shape index (κ3) is 4.45. The molecule has 1 heterocycles. The van der Waals surface area contributed by atoms with Crippen molar-refractivity contribution < 1.29 is 4.79 Å². The number of ketones is 1. The second kappa shape index (κ2) is 8.21. The summed E-state index contributed by atoms with van der Waals surface area (Å²) in [5, 5.41) is 10.2. The van der Waals surface area contributed by atoms with Gasteiger partial charge in [-0.25, -0.2) is 4.98 Å². The molecule has 0 unspecified atom stereocenters. The summed E-state index contributed by atoms with van der Waals surface area (Å²) < 4.78 is 0. The number of nitrogens with zero attached hydrogens (tertiary/aromatic N) is 2. The fourth-order valence-corrected chi connectivity index (χ4v) is 3.28. The zero-order valence-electron chi connectivity index (χ0n) is 14.3. The Labute approximate surface area is 165 Å². The van der Waals surface area contributed by atoms with Gasteiger partial charge in [-0.3, -0.25) is 9.59 Å². The first-order chi connectivity index (χ1) is 13.0. The highest BCUT2D eigenvalue weighted by Gasteiger charge is 2.15. The van der Waals surface area contributed by atoms with E-state index in [9.17, 15) is 14.9 Å². The predicted molar refractivity (Wildman–Crippen MR) is 106 cm³/mol. The molecule has 0 bridgehead atoms. The Kier molecular flexibility index (Phi) is 5.75. The van der Waals surface area contributed by atoms with Gasteiger partial charge < -0.3 is 4.98 Å². The summed E-state index contributed by atoms with van der Waals surface area (Å²) in [6.45, 7) is 1.95. The summed E-state index contributed by atoms with van der Waals surface area (Å²) in [5.41, 5.74) is 2.00. The third-order valence-electron chi connectivity index (χ3n) is 3.84. The maximum absolute atomic E-state index is 12.3. The molecule has 1 aromatic heterocycles. The van der Waals surface area contributed by atoms with E-state index in [0.717, 1.165) is 17.3 Å². The van der Waals surface area contributed by atoms with Crippen LogP contribution in [0.5, 0.6) is 0 Å². The van der Waals surface area contributed by atoms with Gasteiger partial charge >= 0.3 is 0 Å². The Morgan fingerprint density at radius 1 is 1.19 bits per heavy atom. The van der Waals surface area contributed by atoms with Crippen LogP contribution in [0, 0.1) is 18.3 Å². The standard InChI is InChI=1S/C20H14ClN3O2S/c1-12-2-4-14(5-3-12)18-16(10-22)19(26)24-20(23-18)27-11-17(25)13-6-8-15(21)9-7-13/h2-9H,11H2,1H3,(H,23,24,26). The Morgan fingerprint density at radius 3 is 2.48 bits per heavy atom. The van der Waals surface area contributed by atoms with Crippen molar-refractivity contribution in [3.63, 3.8) is 0 Å². The van der Waals surface area contributed by atoms with E-state index in [-0.39, 0.29) is 22.3 Å². The number of H-pyrrole nitrogens is 1. The summed E-state index contributed by atoms with van der Waals surface area (Å²) >= 11 is 6.94. The van der Waals surface area contributed by atoms with Crippen LogP contribution >= 0.6 is 23.4 Å². The number of aromatic nitrogens is 2. The van der Waals surface area contributed by atoms with E-state index in [0.29, 0.717) is 21.8 Å². The maximum atomic E-state index is 12.3. The maximum Gasteiger partial charge on any atom is 0.270 e. The number of nitriles is 1. The van der Waals surface area contributed by atoms with Gasteiger partial charge in [-0.2, -0.15) is 5.26 Å². The lowest BCUT2D eigenvalue weighted by Gasteiger charge is -2.07. The lowest BCUT2D eigenvalue weighted by atomic mass is 10.1. The van der Waals surface area contributed by atoms with Crippen molar-refractivity contribution in [2.75, 3.05) is 5.75 Å². The molecule has 0 aliphatic heterocycles. The highest BCUT2D eigenvalue weighted by molar-refractivity contribution is 7.99. The molecule has 0 fully saturated rings. The molecule has 2 aromatic carbocycles. The highest BCUT2D eigenvalue weighted by atomic mass is 35.5. The molecule has 0 saturated carbocycles. The Hall–Kier alpha value is -2.88. The van der Waals surface area contributed by atoms with Gasteiger partial charge in [0.2, 0.25) is 0 Å². The quantitative estimate of drug-likeness (QED) is 0.396. The minimum Gasteiger partial charge on any atom is -0.300 e. The molecular formula is C20H14ClN3O2S. The molecule has 3 aromatic rings. The number of aromatic amines is 1. The average Bonchev–Trinajstić information content (AvgIpc) is 2.67. The zero-order chi connectivity index (χ0) is 19.4. The number of halogens is 1. The van der Waals surface area contributed by atoms with Gasteiger partial charge in [0.15, 0.2) is 10.9 Å². The van der Waals surface area contributed by atoms with Crippen LogP contribution in [0.1, 0.15) is 21.5 Å². The van der Waals surface area contributed by atoms with Crippen LogP contribution in [0.25, 0.3) is 11.3 Å². The first kappa shape index (κ1) is 18.9. The molecule has 0 spiro atoms. The fourth-order valence-electron chi connectivity index (χ4n) is 2.40. The lowest BCUT2D eigenvalue weighted by molar-refractivity contribution is 0.102. The van der Waals surface area contributed by atoms with E-state index < -0.39 is 5.56 Å². The number of nitrogens with one attached hydrogen (secondary N) is 1. The van der Waals surface area contributed by atoms with Crippen LogP contribution in [0.2, 0.25) is 5.02 Å². The van der Waals surface area contributed by atoms with E-state index in [1.54, 1.807) is 24.3 Å². The van der Waals surface area contributed by atoms with Crippen LogP contribution < -0.4 is 5.56 Å². The van der Waals surface area contributed by atoms with Crippen LogP contribution in [0.4, 0.5) is 0 Å². The van der Waals surface area contributed by atoms with E-state index in [4.69, 9.17) is 11.6 Å². The summed E-state index contributed by atoms with van der Waals surface area (Å²) in [7, 11) is 0. The van der Waals surface area contributed by atoms with Gasteiger partial charge in [-0.15, -0.1) is 0 Å². The normalized spacial score (nSPS) is 10.4. The largest absolute Gasteiger partial charge is 0.300 e. The number of benzene rings is 2. The molecule has 0 aliphatic rings.